The molecular weight excluding hydrogens is 606 g/mol. The molecule has 2 unspecified atom stereocenters. The first kappa shape index (κ1) is 42.2. The summed E-state index contributed by atoms with van der Waals surface area (Å²) in [6, 6.07) is 17.1. The van der Waals surface area contributed by atoms with Crippen LogP contribution in [0.5, 0.6) is 17.2 Å². The summed E-state index contributed by atoms with van der Waals surface area (Å²) in [6.45, 7) is 4.90. The lowest BCUT2D eigenvalue weighted by Gasteiger charge is -2.28. The van der Waals surface area contributed by atoms with Crippen LogP contribution in [0.3, 0.4) is 0 Å². The number of aryl methyl sites for hydroxylation is 1. The van der Waals surface area contributed by atoms with E-state index in [4.69, 9.17) is 14.2 Å². The van der Waals surface area contributed by atoms with Crippen LogP contribution < -0.4 is 14.2 Å². The first-order chi connectivity index (χ1) is 22.5. The second-order valence-corrected chi connectivity index (χ2v) is 12.8. The van der Waals surface area contributed by atoms with Crippen molar-refractivity contribution in [1.29, 1.82) is 5.26 Å². The summed E-state index contributed by atoms with van der Waals surface area (Å²) in [4.78, 5) is 0. The van der Waals surface area contributed by atoms with Crippen molar-refractivity contribution in [3.8, 4) is 23.3 Å². The van der Waals surface area contributed by atoms with Crippen molar-refractivity contribution in [2.45, 2.75) is 147 Å². The predicted molar refractivity (Wildman–Crippen MR) is 199 cm³/mol. The zero-order chi connectivity index (χ0) is 33.3. The molecule has 0 saturated carbocycles. The highest BCUT2D eigenvalue weighted by molar-refractivity contribution is 5.85. The summed E-state index contributed by atoms with van der Waals surface area (Å²) in [6.07, 6.45) is 22.4. The molecule has 0 spiro atoms. The number of hydrogen-bond acceptors (Lipinski definition) is 6. The van der Waals surface area contributed by atoms with Crippen LogP contribution in [0.15, 0.2) is 52.7 Å². The molecule has 0 amide bonds. The minimum atomic E-state index is -0.529. The zero-order valence-corrected chi connectivity index (χ0v) is 31.1. The molecule has 0 aliphatic carbocycles. The van der Waals surface area contributed by atoms with Crippen molar-refractivity contribution in [3.05, 3.63) is 53.6 Å². The lowest BCUT2D eigenvalue weighted by atomic mass is 9.73. The molecule has 0 heterocycles. The van der Waals surface area contributed by atoms with E-state index in [1.807, 2.05) is 25.1 Å². The Kier molecular flexibility index (Phi) is 23.6. The number of hydrogen-bond donors (Lipinski definition) is 0. The van der Waals surface area contributed by atoms with Crippen molar-refractivity contribution in [2.75, 3.05) is 27.9 Å². The van der Waals surface area contributed by atoms with Crippen molar-refractivity contribution >= 4 is 12.4 Å². The average molecular weight is 670 g/mol. The fourth-order valence-electron chi connectivity index (χ4n) is 6.49. The van der Waals surface area contributed by atoms with Crippen molar-refractivity contribution in [2.24, 2.45) is 10.2 Å². The monoisotopic (exact) mass is 669 g/mol. The molecule has 0 fully saturated rings. The van der Waals surface area contributed by atoms with E-state index in [2.05, 4.69) is 47.5 Å². The summed E-state index contributed by atoms with van der Waals surface area (Å²) in [5.41, 5.74) is 1.71. The average Bonchev–Trinajstić information content (AvgIpc) is 3.08. The minimum Gasteiger partial charge on any atom is -0.497 e. The van der Waals surface area contributed by atoms with Crippen LogP contribution in [0.1, 0.15) is 141 Å². The third-order valence-electron chi connectivity index (χ3n) is 9.22. The number of nitriles is 1. The number of unbranched alkanes of at least 4 members (excludes halogenated alkanes) is 12. The van der Waals surface area contributed by atoms with E-state index < -0.39 is 5.41 Å². The number of nitrogens with zero attached hydrogens (tertiary/aromatic N) is 3. The van der Waals surface area contributed by atoms with E-state index >= 15 is 0 Å². The zero-order valence-electron chi connectivity index (χ0n) is 30.2. The summed E-state index contributed by atoms with van der Waals surface area (Å²) in [5, 5.41) is 19.4. The van der Waals surface area contributed by atoms with Crippen LogP contribution in [-0.2, 0) is 11.8 Å². The highest BCUT2D eigenvalue weighted by Gasteiger charge is 2.32. The molecular formula is C40H64ClN3O3. The lowest BCUT2D eigenvalue weighted by molar-refractivity contribution is 0.337. The fraction of sp³-hybridized carbons (Fsp3) is 0.675. The molecule has 2 rings (SSSR count). The summed E-state index contributed by atoms with van der Waals surface area (Å²) >= 11 is 0. The largest absolute Gasteiger partial charge is 0.497 e. The van der Waals surface area contributed by atoms with Crippen LogP contribution in [0.2, 0.25) is 0 Å². The number of ether oxygens (including phenoxy) is 3. The Morgan fingerprint density at radius 1 is 0.723 bits per heavy atom. The number of halogens is 1. The smallest absolute Gasteiger partial charge is 0.122 e. The van der Waals surface area contributed by atoms with E-state index in [0.717, 1.165) is 73.3 Å². The number of rotatable bonds is 27. The second-order valence-electron chi connectivity index (χ2n) is 12.8. The molecule has 0 aliphatic rings. The number of methoxy groups -OCH3 is 2. The topological polar surface area (TPSA) is 76.2 Å². The normalized spacial score (nSPS) is 13.0. The maximum atomic E-state index is 10.7. The van der Waals surface area contributed by atoms with E-state index in [-0.39, 0.29) is 18.4 Å². The van der Waals surface area contributed by atoms with Crippen molar-refractivity contribution in [1.82, 2.24) is 0 Å². The highest BCUT2D eigenvalue weighted by Crippen LogP contribution is 2.37. The molecule has 2 aromatic rings. The van der Waals surface area contributed by atoms with Gasteiger partial charge in [0.25, 0.3) is 0 Å². The van der Waals surface area contributed by atoms with Gasteiger partial charge in [-0.2, -0.15) is 15.5 Å². The Bertz CT molecular complexity index is 1130. The van der Waals surface area contributed by atoms with Gasteiger partial charge in [-0.15, -0.1) is 12.4 Å². The van der Waals surface area contributed by atoms with Gasteiger partial charge in [0.15, 0.2) is 0 Å². The quantitative estimate of drug-likeness (QED) is 0.0700. The Hall–Kier alpha value is -2.78. The van der Waals surface area contributed by atoms with Gasteiger partial charge in [-0.05, 0) is 80.8 Å². The molecule has 0 bridgehead atoms. The minimum absolute atomic E-state index is 0. The third kappa shape index (κ3) is 16.7. The van der Waals surface area contributed by atoms with E-state index in [9.17, 15) is 5.26 Å². The Labute approximate surface area is 293 Å². The van der Waals surface area contributed by atoms with Gasteiger partial charge in [-0.1, -0.05) is 103 Å². The van der Waals surface area contributed by atoms with E-state index in [1.54, 1.807) is 21.3 Å². The first-order valence-electron chi connectivity index (χ1n) is 18.2. The van der Waals surface area contributed by atoms with Crippen LogP contribution in [0.25, 0.3) is 0 Å². The Morgan fingerprint density at radius 3 is 1.83 bits per heavy atom. The van der Waals surface area contributed by atoms with Crippen molar-refractivity contribution in [3.63, 3.8) is 0 Å². The molecule has 7 heteroatoms. The lowest BCUT2D eigenvalue weighted by Crippen LogP contribution is -2.25. The summed E-state index contributed by atoms with van der Waals surface area (Å²) in [7, 11) is 5.10. The third-order valence-corrected chi connectivity index (χ3v) is 9.22. The van der Waals surface area contributed by atoms with Gasteiger partial charge in [0.2, 0.25) is 0 Å². The van der Waals surface area contributed by atoms with Gasteiger partial charge in [-0.25, -0.2) is 0 Å². The molecule has 47 heavy (non-hydrogen) atoms. The van der Waals surface area contributed by atoms with Gasteiger partial charge in [-0.3, -0.25) is 0 Å². The molecule has 264 valence electrons. The van der Waals surface area contributed by atoms with Gasteiger partial charge >= 0.3 is 0 Å². The number of benzene rings is 2. The Morgan fingerprint density at radius 2 is 1.30 bits per heavy atom. The maximum Gasteiger partial charge on any atom is 0.122 e. The molecule has 0 N–H and O–H groups in total. The Balaban J connectivity index is 0.0000110. The van der Waals surface area contributed by atoms with Gasteiger partial charge in [0, 0.05) is 13.1 Å². The maximum absolute atomic E-state index is 10.7. The molecule has 2 atom stereocenters. The van der Waals surface area contributed by atoms with Gasteiger partial charge in [0.1, 0.15) is 17.2 Å². The standard InChI is InChI=1S/C40H63N3O3.ClH/c1-6-8-9-10-11-12-13-14-15-16-17-18-19-27-40(33-41,35-22-20-24-37(31-35)46-7-2)28-21-23-36(43-42-3)26-25-34-29-38(44-4)32-39(30-34)45-5;/h20,22,24,29-32,36H,6-19,21,23,25-28H2,1-5H3;1H. The van der Waals surface area contributed by atoms with Gasteiger partial charge in [0.05, 0.1) is 38.4 Å². The van der Waals surface area contributed by atoms with Crippen LogP contribution in [-0.4, -0.2) is 33.9 Å². The summed E-state index contributed by atoms with van der Waals surface area (Å²) < 4.78 is 16.8. The molecule has 0 aliphatic heterocycles. The molecule has 2 aromatic carbocycles. The first-order valence-corrected chi connectivity index (χ1v) is 18.2. The van der Waals surface area contributed by atoms with E-state index in [1.165, 1.54) is 77.0 Å². The van der Waals surface area contributed by atoms with Crippen LogP contribution >= 0.6 is 12.4 Å². The SMILES string of the molecule is CCCCCCCCCCCCCCCC(C#N)(CCCC(CCc1cc(OC)cc(OC)c1)N=NC)c1cccc(OCC)c1.Cl. The molecule has 0 aromatic heterocycles. The van der Waals surface area contributed by atoms with Crippen LogP contribution in [0, 0.1) is 11.3 Å². The fourth-order valence-corrected chi connectivity index (χ4v) is 6.49. The van der Waals surface area contributed by atoms with E-state index in [0.29, 0.717) is 6.61 Å². The number of azo groups is 1. The molecule has 0 radical (unpaired) electrons. The highest BCUT2D eigenvalue weighted by atomic mass is 35.5. The second kappa shape index (κ2) is 26.2. The molecule has 6 nitrogen and oxygen atoms in total. The summed E-state index contributed by atoms with van der Waals surface area (Å²) in [5.74, 6) is 2.44. The van der Waals surface area contributed by atoms with Crippen molar-refractivity contribution < 1.29 is 14.2 Å². The molecule has 0 saturated heterocycles. The predicted octanol–water partition coefficient (Wildman–Crippen LogP) is 12.0. The van der Waals surface area contributed by atoms with Crippen LogP contribution in [0.4, 0.5) is 0 Å². The van der Waals surface area contributed by atoms with Gasteiger partial charge < -0.3 is 14.2 Å².